The number of Topliss-reactive ketones (excluding diaryl/α,β-unsaturated/α-hetero) is 1. The molecule has 4 nitrogen and oxygen atoms in total. The Labute approximate surface area is 101 Å². The molecule has 2 heterocycles. The van der Waals surface area contributed by atoms with Crippen LogP contribution in [0.25, 0.3) is 5.65 Å². The highest BCUT2D eigenvalue weighted by atomic mass is 79.9. The van der Waals surface area contributed by atoms with E-state index in [1.807, 2.05) is 13.1 Å². The molecule has 2 rings (SSSR count). The molecule has 0 fully saturated rings. The molecule has 5 heteroatoms. The fraction of sp³-hybridized carbons (Fsp3) is 0.273. The van der Waals surface area contributed by atoms with Gasteiger partial charge < -0.3 is 9.14 Å². The first-order valence-corrected chi connectivity index (χ1v) is 5.73. The van der Waals surface area contributed by atoms with E-state index in [0.717, 1.165) is 10.2 Å². The number of nitrogens with zero attached hydrogens (tertiary/aromatic N) is 2. The lowest BCUT2D eigenvalue weighted by Crippen LogP contribution is -1.94. The fourth-order valence-electron chi connectivity index (χ4n) is 1.43. The summed E-state index contributed by atoms with van der Waals surface area (Å²) in [5, 5.41) is 0. The molecule has 0 aliphatic carbocycles. The van der Waals surface area contributed by atoms with E-state index in [1.165, 1.54) is 6.92 Å². The van der Waals surface area contributed by atoms with Crippen LogP contribution in [0.15, 0.2) is 22.9 Å². The van der Waals surface area contributed by atoms with Gasteiger partial charge in [-0.2, -0.15) is 0 Å². The van der Waals surface area contributed by atoms with Crippen LogP contribution in [0.2, 0.25) is 0 Å². The summed E-state index contributed by atoms with van der Waals surface area (Å²) < 4.78 is 8.07. The largest absolute Gasteiger partial charge is 0.492 e. The van der Waals surface area contributed by atoms with Crippen LogP contribution in [0.4, 0.5) is 0 Å². The zero-order chi connectivity index (χ0) is 11.7. The predicted molar refractivity (Wildman–Crippen MR) is 64.1 cm³/mol. The van der Waals surface area contributed by atoms with Crippen molar-refractivity contribution in [3.63, 3.8) is 0 Å². The average Bonchev–Trinajstić information content (AvgIpc) is 2.61. The van der Waals surface area contributed by atoms with Gasteiger partial charge in [0.2, 0.25) is 0 Å². The maximum atomic E-state index is 11.2. The fourth-order valence-corrected chi connectivity index (χ4v) is 1.88. The van der Waals surface area contributed by atoms with Gasteiger partial charge in [-0.25, -0.2) is 4.98 Å². The maximum Gasteiger partial charge on any atom is 0.179 e. The van der Waals surface area contributed by atoms with Gasteiger partial charge >= 0.3 is 0 Å². The van der Waals surface area contributed by atoms with Gasteiger partial charge in [-0.05, 0) is 22.9 Å². The third kappa shape index (κ3) is 1.95. The summed E-state index contributed by atoms with van der Waals surface area (Å²) in [5.41, 5.74) is 1.16. The van der Waals surface area contributed by atoms with Crippen LogP contribution in [-0.4, -0.2) is 21.8 Å². The summed E-state index contributed by atoms with van der Waals surface area (Å²) in [6.45, 7) is 4.01. The Hall–Kier alpha value is -1.36. The van der Waals surface area contributed by atoms with Gasteiger partial charge in [0, 0.05) is 25.4 Å². The van der Waals surface area contributed by atoms with Crippen molar-refractivity contribution in [3.05, 3.63) is 28.6 Å². The molecule has 84 valence electrons. The Bertz CT molecular complexity index is 548. The monoisotopic (exact) mass is 282 g/mol. The number of ether oxygens (including phenoxy) is 1. The molecule has 0 amide bonds. The SMILES string of the molecule is CCOc1cc2nc(C(C)=O)cn2cc1Br. The number of carbonyl (C=O) groups excluding carboxylic acids is 1. The molecule has 2 aromatic rings. The molecule has 0 aromatic carbocycles. The van der Waals surface area contributed by atoms with Gasteiger partial charge in [0.05, 0.1) is 11.1 Å². The van der Waals surface area contributed by atoms with Crippen LogP contribution in [0, 0.1) is 0 Å². The van der Waals surface area contributed by atoms with E-state index < -0.39 is 0 Å². The second-order valence-electron chi connectivity index (χ2n) is 3.37. The molecule has 0 unspecified atom stereocenters. The third-order valence-electron chi connectivity index (χ3n) is 2.17. The van der Waals surface area contributed by atoms with Crippen LogP contribution in [-0.2, 0) is 0 Å². The highest BCUT2D eigenvalue weighted by Gasteiger charge is 2.09. The van der Waals surface area contributed by atoms with E-state index >= 15 is 0 Å². The van der Waals surface area contributed by atoms with Crippen molar-refractivity contribution < 1.29 is 9.53 Å². The minimum absolute atomic E-state index is 0.0437. The van der Waals surface area contributed by atoms with E-state index in [9.17, 15) is 4.79 Å². The number of hydrogen-bond donors (Lipinski definition) is 0. The van der Waals surface area contributed by atoms with Gasteiger partial charge in [0.25, 0.3) is 0 Å². The average molecular weight is 283 g/mol. The summed E-state index contributed by atoms with van der Waals surface area (Å²) in [5.74, 6) is 0.688. The quantitative estimate of drug-likeness (QED) is 0.813. The molecule has 0 aliphatic heterocycles. The van der Waals surface area contributed by atoms with Crippen LogP contribution < -0.4 is 4.74 Å². The van der Waals surface area contributed by atoms with Crippen molar-refractivity contribution in [3.8, 4) is 5.75 Å². The Morgan fingerprint density at radius 1 is 1.56 bits per heavy atom. The van der Waals surface area contributed by atoms with Gasteiger partial charge in [-0.1, -0.05) is 0 Å². The second-order valence-corrected chi connectivity index (χ2v) is 4.22. The van der Waals surface area contributed by atoms with Gasteiger partial charge in [-0.15, -0.1) is 0 Å². The molecule has 0 radical (unpaired) electrons. The molecular formula is C11H11BrN2O2. The summed E-state index contributed by atoms with van der Waals surface area (Å²) in [6.07, 6.45) is 3.54. The van der Waals surface area contributed by atoms with E-state index in [1.54, 1.807) is 16.7 Å². The van der Waals surface area contributed by atoms with Crippen molar-refractivity contribution in [2.24, 2.45) is 0 Å². The lowest BCUT2D eigenvalue weighted by Gasteiger charge is -2.05. The van der Waals surface area contributed by atoms with Gasteiger partial charge in [0.15, 0.2) is 5.78 Å². The summed E-state index contributed by atoms with van der Waals surface area (Å²) >= 11 is 3.41. The highest BCUT2D eigenvalue weighted by Crippen LogP contribution is 2.26. The number of fused-ring (bicyclic) bond motifs is 1. The van der Waals surface area contributed by atoms with Crippen molar-refractivity contribution in [1.82, 2.24) is 9.38 Å². The number of aromatic nitrogens is 2. The van der Waals surface area contributed by atoms with Gasteiger partial charge in [-0.3, -0.25) is 4.79 Å². The van der Waals surface area contributed by atoms with Crippen LogP contribution in [0.5, 0.6) is 5.75 Å². The van der Waals surface area contributed by atoms with E-state index in [2.05, 4.69) is 20.9 Å². The first-order chi connectivity index (χ1) is 7.61. The number of pyridine rings is 1. The Balaban J connectivity index is 2.56. The molecule has 2 aromatic heterocycles. The van der Waals surface area contributed by atoms with E-state index in [0.29, 0.717) is 17.9 Å². The van der Waals surface area contributed by atoms with E-state index in [-0.39, 0.29) is 5.78 Å². The molecule has 0 saturated carbocycles. The topological polar surface area (TPSA) is 43.6 Å². The van der Waals surface area contributed by atoms with Crippen molar-refractivity contribution >= 4 is 27.4 Å². The molecule has 0 aliphatic rings. The Morgan fingerprint density at radius 2 is 2.31 bits per heavy atom. The van der Waals surface area contributed by atoms with Crippen LogP contribution in [0.1, 0.15) is 24.3 Å². The number of carbonyl (C=O) groups is 1. The molecule has 0 bridgehead atoms. The Morgan fingerprint density at radius 3 is 2.94 bits per heavy atom. The third-order valence-corrected chi connectivity index (χ3v) is 2.77. The molecule has 0 N–H and O–H groups in total. The van der Waals surface area contributed by atoms with Crippen molar-refractivity contribution in [2.75, 3.05) is 6.61 Å². The summed E-state index contributed by atoms with van der Waals surface area (Å²) in [6, 6.07) is 1.81. The number of halogens is 1. The minimum atomic E-state index is -0.0437. The summed E-state index contributed by atoms with van der Waals surface area (Å²) in [7, 11) is 0. The molecule has 0 spiro atoms. The molecular weight excluding hydrogens is 272 g/mol. The summed E-state index contributed by atoms with van der Waals surface area (Å²) in [4.78, 5) is 15.4. The zero-order valence-corrected chi connectivity index (χ0v) is 10.6. The number of rotatable bonds is 3. The smallest absolute Gasteiger partial charge is 0.179 e. The molecule has 0 saturated heterocycles. The van der Waals surface area contributed by atoms with Crippen LogP contribution >= 0.6 is 15.9 Å². The standard InChI is InChI=1S/C11H11BrN2O2/c1-3-16-10-4-11-13-9(7(2)15)6-14(11)5-8(10)12/h4-6H,3H2,1-2H3. The van der Waals surface area contributed by atoms with E-state index in [4.69, 9.17) is 4.74 Å². The molecule has 0 atom stereocenters. The predicted octanol–water partition coefficient (Wildman–Crippen LogP) is 2.70. The minimum Gasteiger partial charge on any atom is -0.492 e. The Kier molecular flexibility index (Phi) is 2.96. The normalized spacial score (nSPS) is 10.7. The highest BCUT2D eigenvalue weighted by molar-refractivity contribution is 9.10. The molecule has 16 heavy (non-hydrogen) atoms. The lowest BCUT2D eigenvalue weighted by molar-refractivity contribution is 0.101. The first-order valence-electron chi connectivity index (χ1n) is 4.93. The van der Waals surface area contributed by atoms with Crippen molar-refractivity contribution in [2.45, 2.75) is 13.8 Å². The van der Waals surface area contributed by atoms with Crippen molar-refractivity contribution in [1.29, 1.82) is 0 Å². The first kappa shape index (κ1) is 11.1. The zero-order valence-electron chi connectivity index (χ0n) is 9.03. The number of hydrogen-bond acceptors (Lipinski definition) is 3. The lowest BCUT2D eigenvalue weighted by atomic mass is 10.3. The maximum absolute atomic E-state index is 11.2. The second kappa shape index (κ2) is 4.25. The number of ketones is 1. The number of imidazole rings is 1. The van der Waals surface area contributed by atoms with Gasteiger partial charge in [0.1, 0.15) is 17.1 Å². The van der Waals surface area contributed by atoms with Crippen LogP contribution in [0.3, 0.4) is 0 Å².